The molecule has 0 heterocycles. The smallest absolute Gasteiger partial charge is 0.303 e. The number of aliphatic carboxylic acids is 1. The maximum Gasteiger partial charge on any atom is 0.303 e. The topological polar surface area (TPSA) is 113 Å². The maximum atomic E-state index is 11.8. The van der Waals surface area contributed by atoms with Crippen LogP contribution in [0.5, 0.6) is 0 Å². The highest BCUT2D eigenvalue weighted by molar-refractivity contribution is 5.98. The third-order valence-corrected chi connectivity index (χ3v) is 5.18. The molecule has 176 valence electrons. The van der Waals surface area contributed by atoms with E-state index in [1.54, 1.807) is 6.07 Å². The summed E-state index contributed by atoms with van der Waals surface area (Å²) in [7, 11) is 0. The minimum atomic E-state index is -0.753. The number of carboxylic acid groups (broad SMARTS) is 1. The zero-order chi connectivity index (χ0) is 24.2. The molecule has 0 aromatic heterocycles. The first kappa shape index (κ1) is 25.8. The predicted octanol–water partition coefficient (Wildman–Crippen LogP) is 5.00. The summed E-state index contributed by atoms with van der Waals surface area (Å²) in [4.78, 5) is 43.9. The molecular weight excluding hydrogens is 420 g/mol. The summed E-state index contributed by atoms with van der Waals surface area (Å²) in [6.07, 6.45) is 6.15. The van der Waals surface area contributed by atoms with Gasteiger partial charge in [-0.15, -0.1) is 0 Å². The molecule has 2 aromatic carbocycles. The van der Waals surface area contributed by atoms with Crippen molar-refractivity contribution in [3.8, 4) is 0 Å². The van der Waals surface area contributed by atoms with Crippen molar-refractivity contribution in [1.29, 1.82) is 0 Å². The number of fused-ring (bicyclic) bond motifs is 1. The fourth-order valence-corrected chi connectivity index (χ4v) is 3.70. The molecule has 0 saturated carbocycles. The molecule has 0 bridgehead atoms. The lowest BCUT2D eigenvalue weighted by Crippen LogP contribution is -2.07. The van der Waals surface area contributed by atoms with Crippen molar-refractivity contribution in [3.63, 3.8) is 0 Å². The SMILES string of the molecule is CC(=O)Nc1ccc2c(c1)CCCCC2=O.CC(=O)Nc1cccc(CCCCC(=O)O)c1. The Morgan fingerprint density at radius 2 is 1.55 bits per heavy atom. The van der Waals surface area contributed by atoms with Crippen molar-refractivity contribution in [2.75, 3.05) is 10.6 Å². The largest absolute Gasteiger partial charge is 0.481 e. The van der Waals surface area contributed by atoms with Crippen LogP contribution in [0.4, 0.5) is 11.4 Å². The molecule has 0 fully saturated rings. The van der Waals surface area contributed by atoms with E-state index in [2.05, 4.69) is 10.6 Å². The lowest BCUT2D eigenvalue weighted by molar-refractivity contribution is -0.137. The van der Waals surface area contributed by atoms with Crippen LogP contribution in [0.25, 0.3) is 0 Å². The van der Waals surface area contributed by atoms with Gasteiger partial charge in [-0.05, 0) is 80.0 Å². The normalized spacial score (nSPS) is 12.5. The molecule has 0 aliphatic heterocycles. The van der Waals surface area contributed by atoms with Gasteiger partial charge < -0.3 is 15.7 Å². The summed E-state index contributed by atoms with van der Waals surface area (Å²) in [6.45, 7) is 2.95. The predicted molar refractivity (Wildman–Crippen MR) is 129 cm³/mol. The fraction of sp³-hybridized carbons (Fsp3) is 0.385. The second kappa shape index (κ2) is 13.2. The van der Waals surface area contributed by atoms with Crippen LogP contribution in [-0.2, 0) is 27.2 Å². The number of ketones is 1. The monoisotopic (exact) mass is 452 g/mol. The summed E-state index contributed by atoms with van der Waals surface area (Å²) < 4.78 is 0. The van der Waals surface area contributed by atoms with E-state index in [1.807, 2.05) is 36.4 Å². The molecule has 2 amide bonds. The van der Waals surface area contributed by atoms with Gasteiger partial charge in [-0.3, -0.25) is 19.2 Å². The Morgan fingerprint density at radius 3 is 2.21 bits per heavy atom. The van der Waals surface area contributed by atoms with Crippen LogP contribution in [0.15, 0.2) is 42.5 Å². The summed E-state index contributed by atoms with van der Waals surface area (Å²) in [5.74, 6) is -0.702. The Labute approximate surface area is 194 Å². The molecule has 0 spiro atoms. The van der Waals surface area contributed by atoms with Crippen molar-refractivity contribution in [2.24, 2.45) is 0 Å². The highest BCUT2D eigenvalue weighted by Crippen LogP contribution is 2.23. The van der Waals surface area contributed by atoms with Crippen LogP contribution < -0.4 is 10.6 Å². The molecule has 0 radical (unpaired) electrons. The number of carboxylic acids is 1. The number of unbranched alkanes of at least 4 members (excludes halogenated alkanes) is 1. The number of aryl methyl sites for hydroxylation is 2. The quantitative estimate of drug-likeness (QED) is 0.404. The van der Waals surface area contributed by atoms with Crippen molar-refractivity contribution in [3.05, 3.63) is 59.2 Å². The minimum absolute atomic E-state index is 0.0834. The van der Waals surface area contributed by atoms with Gasteiger partial charge in [0.05, 0.1) is 0 Å². The van der Waals surface area contributed by atoms with Gasteiger partial charge in [-0.2, -0.15) is 0 Å². The third-order valence-electron chi connectivity index (χ3n) is 5.18. The Morgan fingerprint density at radius 1 is 0.879 bits per heavy atom. The summed E-state index contributed by atoms with van der Waals surface area (Å²) in [5.41, 5.74) is 4.57. The van der Waals surface area contributed by atoms with Crippen molar-refractivity contribution < 1.29 is 24.3 Å². The van der Waals surface area contributed by atoms with Crippen LogP contribution in [0.3, 0.4) is 0 Å². The number of benzene rings is 2. The standard InChI is InChI=1S/C13H17NO3.C13H15NO2/c1-10(15)14-12-7-4-6-11(9-12)5-2-3-8-13(16)17;1-9(15)14-11-6-7-12-10(8-11)4-2-3-5-13(12)16/h4,6-7,9H,2-3,5,8H2,1H3,(H,14,15)(H,16,17);6-8H,2-5H2,1H3,(H,14,15). The highest BCUT2D eigenvalue weighted by Gasteiger charge is 2.15. The number of carbonyl (C=O) groups excluding carboxylic acids is 3. The Kier molecular flexibility index (Phi) is 10.3. The molecule has 0 atom stereocenters. The number of hydrogen-bond acceptors (Lipinski definition) is 4. The zero-order valence-corrected chi connectivity index (χ0v) is 19.3. The van der Waals surface area contributed by atoms with Crippen LogP contribution in [-0.4, -0.2) is 28.7 Å². The number of rotatable bonds is 7. The first-order valence-corrected chi connectivity index (χ1v) is 11.3. The molecule has 33 heavy (non-hydrogen) atoms. The minimum Gasteiger partial charge on any atom is -0.481 e. The number of carbonyl (C=O) groups is 4. The van der Waals surface area contributed by atoms with Gasteiger partial charge in [0.2, 0.25) is 11.8 Å². The molecule has 1 aliphatic carbocycles. The van der Waals surface area contributed by atoms with Crippen LogP contribution in [0, 0.1) is 0 Å². The second-order valence-corrected chi connectivity index (χ2v) is 8.17. The molecule has 0 saturated heterocycles. The number of Topliss-reactive ketones (excluding diaryl/α,β-unsaturated/α-hetero) is 1. The molecule has 7 heteroatoms. The molecule has 0 unspecified atom stereocenters. The van der Waals surface area contributed by atoms with Crippen LogP contribution in [0.1, 0.15) is 73.9 Å². The molecule has 2 aromatic rings. The maximum absolute atomic E-state index is 11.8. The lowest BCUT2D eigenvalue weighted by Gasteiger charge is -2.08. The van der Waals surface area contributed by atoms with Gasteiger partial charge in [0.1, 0.15) is 0 Å². The second-order valence-electron chi connectivity index (χ2n) is 8.17. The Balaban J connectivity index is 0.000000234. The zero-order valence-electron chi connectivity index (χ0n) is 19.3. The lowest BCUT2D eigenvalue weighted by atomic mass is 10.0. The highest BCUT2D eigenvalue weighted by atomic mass is 16.4. The number of nitrogens with one attached hydrogen (secondary N) is 2. The van der Waals surface area contributed by atoms with E-state index in [4.69, 9.17) is 5.11 Å². The average Bonchev–Trinajstić information content (AvgIpc) is 2.92. The van der Waals surface area contributed by atoms with Gasteiger partial charge in [0, 0.05) is 43.6 Å². The van der Waals surface area contributed by atoms with Crippen LogP contribution in [0.2, 0.25) is 0 Å². The summed E-state index contributed by atoms with van der Waals surface area (Å²) in [5, 5.41) is 14.0. The first-order valence-electron chi connectivity index (χ1n) is 11.3. The summed E-state index contributed by atoms with van der Waals surface area (Å²) in [6, 6.07) is 13.2. The van der Waals surface area contributed by atoms with E-state index in [0.717, 1.165) is 60.2 Å². The number of hydrogen-bond donors (Lipinski definition) is 3. The third kappa shape index (κ3) is 9.68. The number of amides is 2. The fourth-order valence-electron chi connectivity index (χ4n) is 3.70. The van der Waals surface area contributed by atoms with Crippen molar-refractivity contribution in [1.82, 2.24) is 0 Å². The van der Waals surface area contributed by atoms with E-state index < -0.39 is 5.97 Å². The molecule has 3 N–H and O–H groups in total. The molecule has 1 aliphatic rings. The van der Waals surface area contributed by atoms with Crippen molar-refractivity contribution >= 4 is 34.9 Å². The van der Waals surface area contributed by atoms with Gasteiger partial charge in [-0.1, -0.05) is 12.1 Å². The number of anilines is 2. The molecular formula is C26H32N2O5. The Hall–Kier alpha value is -3.48. The van der Waals surface area contributed by atoms with E-state index in [9.17, 15) is 19.2 Å². The van der Waals surface area contributed by atoms with Gasteiger partial charge >= 0.3 is 5.97 Å². The average molecular weight is 453 g/mol. The summed E-state index contributed by atoms with van der Waals surface area (Å²) >= 11 is 0. The van der Waals surface area contributed by atoms with Gasteiger partial charge in [0.15, 0.2) is 5.78 Å². The van der Waals surface area contributed by atoms with Crippen molar-refractivity contribution in [2.45, 2.75) is 65.2 Å². The van der Waals surface area contributed by atoms with E-state index in [0.29, 0.717) is 12.8 Å². The first-order chi connectivity index (χ1) is 15.7. The molecule has 3 rings (SSSR count). The van der Waals surface area contributed by atoms with Gasteiger partial charge in [0.25, 0.3) is 0 Å². The van der Waals surface area contributed by atoms with Crippen LogP contribution >= 0.6 is 0 Å². The van der Waals surface area contributed by atoms with E-state index in [1.165, 1.54) is 13.8 Å². The van der Waals surface area contributed by atoms with Gasteiger partial charge in [-0.25, -0.2) is 0 Å². The molecule has 7 nitrogen and oxygen atoms in total. The van der Waals surface area contributed by atoms with E-state index >= 15 is 0 Å². The van der Waals surface area contributed by atoms with E-state index in [-0.39, 0.29) is 24.0 Å². The Bertz CT molecular complexity index is 1000.